The minimum atomic E-state index is -0.0463. The Morgan fingerprint density at radius 2 is 1.90 bits per heavy atom. The number of carbonyl (C=O) groups excluding carboxylic acids is 1. The summed E-state index contributed by atoms with van der Waals surface area (Å²) < 4.78 is 0. The highest BCUT2D eigenvalue weighted by Gasteiger charge is 2.19. The van der Waals surface area contributed by atoms with Crippen molar-refractivity contribution in [3.63, 3.8) is 0 Å². The van der Waals surface area contributed by atoms with Gasteiger partial charge in [0, 0.05) is 31.9 Å². The Hall–Kier alpha value is -1.55. The summed E-state index contributed by atoms with van der Waals surface area (Å²) in [6, 6.07) is 8.58. The molecule has 21 heavy (non-hydrogen) atoms. The van der Waals surface area contributed by atoms with Gasteiger partial charge in [-0.1, -0.05) is 12.1 Å². The van der Waals surface area contributed by atoms with Gasteiger partial charge in [0.15, 0.2) is 0 Å². The molecule has 2 N–H and O–H groups in total. The van der Waals surface area contributed by atoms with Crippen LogP contribution in [0.1, 0.15) is 38.7 Å². The monoisotopic (exact) mass is 289 g/mol. The van der Waals surface area contributed by atoms with E-state index >= 15 is 0 Å². The second kappa shape index (κ2) is 8.03. The van der Waals surface area contributed by atoms with Crippen LogP contribution in [-0.4, -0.2) is 31.6 Å². The molecule has 0 spiro atoms. The molecule has 1 saturated heterocycles. The van der Waals surface area contributed by atoms with E-state index in [0.717, 1.165) is 45.4 Å². The average Bonchev–Trinajstić information content (AvgIpc) is 2.72. The van der Waals surface area contributed by atoms with E-state index in [9.17, 15) is 4.79 Å². The van der Waals surface area contributed by atoms with Crippen molar-refractivity contribution in [3.05, 3.63) is 29.8 Å². The summed E-state index contributed by atoms with van der Waals surface area (Å²) in [5.74, 6) is 0.146. The first-order chi connectivity index (χ1) is 10.2. The van der Waals surface area contributed by atoms with Crippen LogP contribution in [0.4, 0.5) is 5.69 Å². The molecule has 1 aromatic rings. The maximum Gasteiger partial charge on any atom is 0.237 e. The Balaban J connectivity index is 1.89. The number of anilines is 1. The first-order valence-corrected chi connectivity index (χ1v) is 8.09. The number of amides is 1. The summed E-state index contributed by atoms with van der Waals surface area (Å²) in [7, 11) is 0. The fourth-order valence-electron chi connectivity index (χ4n) is 2.79. The fourth-order valence-corrected chi connectivity index (χ4v) is 2.79. The van der Waals surface area contributed by atoms with Gasteiger partial charge in [0.2, 0.25) is 5.91 Å². The maximum atomic E-state index is 11.9. The highest BCUT2D eigenvalue weighted by atomic mass is 16.2. The molecule has 1 aliphatic heterocycles. The molecule has 0 radical (unpaired) electrons. The Labute approximate surface area is 127 Å². The number of hydrogen-bond donors (Lipinski definition) is 2. The molecular formula is C17H27N3O. The van der Waals surface area contributed by atoms with Gasteiger partial charge in [-0.15, -0.1) is 0 Å². The van der Waals surface area contributed by atoms with Crippen LogP contribution >= 0.6 is 0 Å². The Kier molecular flexibility index (Phi) is 6.05. The minimum absolute atomic E-state index is 0.0463. The quantitative estimate of drug-likeness (QED) is 0.844. The lowest BCUT2D eigenvalue weighted by atomic mass is 10.1. The molecule has 1 fully saturated rings. The molecule has 4 heteroatoms. The van der Waals surface area contributed by atoms with Gasteiger partial charge >= 0.3 is 0 Å². The first-order valence-electron chi connectivity index (χ1n) is 8.09. The third-order valence-electron chi connectivity index (χ3n) is 4.15. The molecule has 1 unspecified atom stereocenters. The van der Waals surface area contributed by atoms with Crippen molar-refractivity contribution in [2.45, 2.75) is 45.7 Å². The van der Waals surface area contributed by atoms with Crippen LogP contribution < -0.4 is 15.5 Å². The Morgan fingerprint density at radius 1 is 1.19 bits per heavy atom. The molecule has 1 heterocycles. The molecule has 1 amide bonds. The third-order valence-corrected chi connectivity index (χ3v) is 4.15. The lowest BCUT2D eigenvalue weighted by molar-refractivity contribution is -0.122. The molecule has 116 valence electrons. The standard InChI is InChI=1S/C17H27N3O/c1-3-20(4-2)15-10-8-14(9-11-15)13-19-16-7-5-6-12-18-17(16)21/h8-11,16,19H,3-7,12-13H2,1-2H3,(H,18,21). The van der Waals surface area contributed by atoms with Crippen LogP contribution in [0.3, 0.4) is 0 Å². The lowest BCUT2D eigenvalue weighted by Crippen LogP contribution is -2.42. The Morgan fingerprint density at radius 3 is 2.57 bits per heavy atom. The van der Waals surface area contributed by atoms with Crippen molar-refractivity contribution in [2.75, 3.05) is 24.5 Å². The zero-order valence-electron chi connectivity index (χ0n) is 13.2. The summed E-state index contributed by atoms with van der Waals surface area (Å²) in [5, 5.41) is 6.34. The van der Waals surface area contributed by atoms with Gasteiger partial charge in [-0.3, -0.25) is 4.79 Å². The largest absolute Gasteiger partial charge is 0.372 e. The molecule has 0 aromatic heterocycles. The fraction of sp³-hybridized carbons (Fsp3) is 0.588. The van der Waals surface area contributed by atoms with Gasteiger partial charge in [0.25, 0.3) is 0 Å². The zero-order valence-corrected chi connectivity index (χ0v) is 13.2. The van der Waals surface area contributed by atoms with E-state index in [1.807, 2.05) is 0 Å². The normalized spacial score (nSPS) is 19.0. The van der Waals surface area contributed by atoms with Gasteiger partial charge in [-0.25, -0.2) is 0 Å². The van der Waals surface area contributed by atoms with Crippen molar-refractivity contribution in [2.24, 2.45) is 0 Å². The SMILES string of the molecule is CCN(CC)c1ccc(CNC2CCCCNC2=O)cc1. The van der Waals surface area contributed by atoms with Crippen LogP contribution in [0.25, 0.3) is 0 Å². The van der Waals surface area contributed by atoms with Crippen LogP contribution in [-0.2, 0) is 11.3 Å². The van der Waals surface area contributed by atoms with E-state index in [0.29, 0.717) is 0 Å². The van der Waals surface area contributed by atoms with Crippen molar-refractivity contribution >= 4 is 11.6 Å². The van der Waals surface area contributed by atoms with Crippen LogP contribution in [0.5, 0.6) is 0 Å². The first kappa shape index (κ1) is 15.8. The summed E-state index contributed by atoms with van der Waals surface area (Å²) in [6.07, 6.45) is 3.13. The van der Waals surface area contributed by atoms with Crippen molar-refractivity contribution in [1.29, 1.82) is 0 Å². The molecule has 0 bridgehead atoms. The summed E-state index contributed by atoms with van der Waals surface area (Å²) in [6.45, 7) is 7.95. The van der Waals surface area contributed by atoms with E-state index in [1.54, 1.807) is 0 Å². The van der Waals surface area contributed by atoms with Crippen LogP contribution in [0.15, 0.2) is 24.3 Å². The van der Waals surface area contributed by atoms with E-state index < -0.39 is 0 Å². The number of rotatable bonds is 6. The minimum Gasteiger partial charge on any atom is -0.372 e. The average molecular weight is 289 g/mol. The van der Waals surface area contributed by atoms with Gasteiger partial charge in [-0.05, 0) is 50.8 Å². The lowest BCUT2D eigenvalue weighted by Gasteiger charge is -2.21. The van der Waals surface area contributed by atoms with Crippen molar-refractivity contribution < 1.29 is 4.79 Å². The molecule has 1 aromatic carbocycles. The number of nitrogens with zero attached hydrogens (tertiary/aromatic N) is 1. The number of nitrogens with one attached hydrogen (secondary N) is 2. The second-order valence-electron chi connectivity index (χ2n) is 5.56. The van der Waals surface area contributed by atoms with E-state index in [2.05, 4.69) is 53.6 Å². The van der Waals surface area contributed by atoms with E-state index in [4.69, 9.17) is 0 Å². The predicted molar refractivity (Wildman–Crippen MR) is 87.5 cm³/mol. The maximum absolute atomic E-state index is 11.9. The van der Waals surface area contributed by atoms with Gasteiger partial charge in [0.1, 0.15) is 0 Å². The molecule has 1 atom stereocenters. The Bertz CT molecular complexity index is 440. The molecule has 2 rings (SSSR count). The van der Waals surface area contributed by atoms with Crippen LogP contribution in [0, 0.1) is 0 Å². The molecule has 0 aliphatic carbocycles. The second-order valence-corrected chi connectivity index (χ2v) is 5.56. The molecule has 0 saturated carbocycles. The number of carbonyl (C=O) groups is 1. The van der Waals surface area contributed by atoms with Gasteiger partial charge in [-0.2, -0.15) is 0 Å². The summed E-state index contributed by atoms with van der Waals surface area (Å²) in [4.78, 5) is 14.2. The topological polar surface area (TPSA) is 44.4 Å². The highest BCUT2D eigenvalue weighted by molar-refractivity contribution is 5.81. The van der Waals surface area contributed by atoms with Crippen molar-refractivity contribution in [1.82, 2.24) is 10.6 Å². The summed E-state index contributed by atoms with van der Waals surface area (Å²) in [5.41, 5.74) is 2.49. The van der Waals surface area contributed by atoms with Crippen molar-refractivity contribution in [3.8, 4) is 0 Å². The molecule has 1 aliphatic rings. The smallest absolute Gasteiger partial charge is 0.237 e. The highest BCUT2D eigenvalue weighted by Crippen LogP contribution is 2.15. The van der Waals surface area contributed by atoms with Gasteiger partial charge < -0.3 is 15.5 Å². The number of hydrogen-bond acceptors (Lipinski definition) is 3. The molecule has 4 nitrogen and oxygen atoms in total. The molecular weight excluding hydrogens is 262 g/mol. The third kappa shape index (κ3) is 4.46. The summed E-state index contributed by atoms with van der Waals surface area (Å²) >= 11 is 0. The zero-order chi connectivity index (χ0) is 15.1. The van der Waals surface area contributed by atoms with Crippen LogP contribution in [0.2, 0.25) is 0 Å². The van der Waals surface area contributed by atoms with E-state index in [1.165, 1.54) is 11.3 Å². The van der Waals surface area contributed by atoms with E-state index in [-0.39, 0.29) is 11.9 Å². The predicted octanol–water partition coefficient (Wildman–Crippen LogP) is 2.29. The number of benzene rings is 1. The van der Waals surface area contributed by atoms with Gasteiger partial charge in [0.05, 0.1) is 6.04 Å².